The third kappa shape index (κ3) is 3.57. The van der Waals surface area contributed by atoms with Gasteiger partial charge in [-0.05, 0) is 12.1 Å². The number of ether oxygens (including phenoxy) is 3. The number of aliphatic hydroxyl groups excluding tert-OH is 1. The number of hydrogen-bond acceptors (Lipinski definition) is 5. The first-order valence-electron chi connectivity index (χ1n) is 7.69. The Kier molecular flexibility index (Phi) is 5.00. The molecule has 1 heterocycles. The molecule has 0 bridgehead atoms. The molecule has 2 N–H and O–H groups in total. The van der Waals surface area contributed by atoms with Crippen molar-refractivity contribution < 1.29 is 19.3 Å². The van der Waals surface area contributed by atoms with Gasteiger partial charge in [-0.2, -0.15) is 0 Å². The van der Waals surface area contributed by atoms with Gasteiger partial charge < -0.3 is 24.6 Å². The molecule has 23 heavy (non-hydrogen) atoms. The Morgan fingerprint density at radius 2 is 1.96 bits per heavy atom. The summed E-state index contributed by atoms with van der Waals surface area (Å²) >= 11 is 0. The fourth-order valence-electron chi connectivity index (χ4n) is 2.67. The Morgan fingerprint density at radius 3 is 2.83 bits per heavy atom. The number of methoxy groups -OCH3 is 1. The van der Waals surface area contributed by atoms with Crippen LogP contribution in [0, 0.1) is 0 Å². The molecule has 1 aliphatic heterocycles. The molecule has 0 spiro atoms. The number of para-hydroxylation sites is 2. The van der Waals surface area contributed by atoms with Crippen LogP contribution < -0.4 is 19.5 Å². The highest BCUT2D eigenvalue weighted by Gasteiger charge is 2.16. The Hall–Kier alpha value is -2.24. The van der Waals surface area contributed by atoms with Gasteiger partial charge in [0.15, 0.2) is 11.5 Å². The zero-order valence-corrected chi connectivity index (χ0v) is 13.1. The van der Waals surface area contributed by atoms with Crippen LogP contribution in [0.2, 0.25) is 0 Å². The first kappa shape index (κ1) is 15.6. The fourth-order valence-corrected chi connectivity index (χ4v) is 2.67. The standard InChI is InChI=1S/C18H21NO4/c1-21-16-7-3-2-6-14(16)15(20)12-19-11-13-5-4-8-17-18(13)23-10-9-22-17/h2-8,15,19-20H,9-12H2,1H3/t15-/m1/s1. The first-order chi connectivity index (χ1) is 11.3. The van der Waals surface area contributed by atoms with Crippen molar-refractivity contribution in [3.63, 3.8) is 0 Å². The van der Waals surface area contributed by atoms with Crippen LogP contribution in [0.25, 0.3) is 0 Å². The average Bonchev–Trinajstić information content (AvgIpc) is 2.61. The molecule has 122 valence electrons. The van der Waals surface area contributed by atoms with E-state index in [2.05, 4.69) is 5.32 Å². The Bertz CT molecular complexity index is 659. The van der Waals surface area contributed by atoms with Crippen molar-refractivity contribution >= 4 is 0 Å². The van der Waals surface area contributed by atoms with Crippen LogP contribution in [0.1, 0.15) is 17.2 Å². The maximum absolute atomic E-state index is 10.4. The predicted molar refractivity (Wildman–Crippen MR) is 87.1 cm³/mol. The van der Waals surface area contributed by atoms with Crippen molar-refractivity contribution in [2.75, 3.05) is 26.9 Å². The lowest BCUT2D eigenvalue weighted by atomic mass is 10.1. The highest BCUT2D eigenvalue weighted by molar-refractivity contribution is 5.47. The summed E-state index contributed by atoms with van der Waals surface area (Å²) in [6.07, 6.45) is -0.636. The zero-order chi connectivity index (χ0) is 16.1. The normalized spacial score (nSPS) is 14.3. The summed E-state index contributed by atoms with van der Waals surface area (Å²) in [6.45, 7) is 2.16. The van der Waals surface area contributed by atoms with Crippen molar-refractivity contribution in [1.82, 2.24) is 5.32 Å². The van der Waals surface area contributed by atoms with E-state index in [1.54, 1.807) is 7.11 Å². The van der Waals surface area contributed by atoms with E-state index < -0.39 is 6.10 Å². The van der Waals surface area contributed by atoms with Gasteiger partial charge in [-0.25, -0.2) is 0 Å². The van der Waals surface area contributed by atoms with Crippen molar-refractivity contribution in [2.45, 2.75) is 12.6 Å². The minimum atomic E-state index is -0.636. The van der Waals surface area contributed by atoms with E-state index in [1.165, 1.54) is 0 Å². The van der Waals surface area contributed by atoms with Crippen molar-refractivity contribution in [3.8, 4) is 17.2 Å². The fraction of sp³-hybridized carbons (Fsp3) is 0.333. The van der Waals surface area contributed by atoms with E-state index in [0.717, 1.165) is 22.6 Å². The minimum absolute atomic E-state index is 0.422. The van der Waals surface area contributed by atoms with Crippen molar-refractivity contribution in [2.24, 2.45) is 0 Å². The Morgan fingerprint density at radius 1 is 1.13 bits per heavy atom. The summed E-state index contributed by atoms with van der Waals surface area (Å²) in [7, 11) is 1.60. The number of fused-ring (bicyclic) bond motifs is 1. The molecular formula is C18H21NO4. The highest BCUT2D eigenvalue weighted by atomic mass is 16.6. The van der Waals surface area contributed by atoms with Crippen LogP contribution in [0.5, 0.6) is 17.2 Å². The first-order valence-corrected chi connectivity index (χ1v) is 7.69. The summed E-state index contributed by atoms with van der Waals surface area (Å²) in [5.41, 5.74) is 1.80. The van der Waals surface area contributed by atoms with E-state index in [4.69, 9.17) is 14.2 Å². The summed E-state index contributed by atoms with van der Waals surface area (Å²) in [5, 5.41) is 13.6. The van der Waals surface area contributed by atoms with Crippen LogP contribution in [0.15, 0.2) is 42.5 Å². The molecule has 0 radical (unpaired) electrons. The number of rotatable bonds is 6. The molecule has 1 atom stereocenters. The van der Waals surface area contributed by atoms with Gasteiger partial charge in [0, 0.05) is 24.2 Å². The van der Waals surface area contributed by atoms with E-state index in [9.17, 15) is 5.11 Å². The highest BCUT2D eigenvalue weighted by Crippen LogP contribution is 2.33. The van der Waals surface area contributed by atoms with Crippen LogP contribution in [-0.2, 0) is 6.54 Å². The summed E-state index contributed by atoms with van der Waals surface area (Å²) in [4.78, 5) is 0. The molecule has 0 saturated carbocycles. The van der Waals surface area contributed by atoms with Crippen LogP contribution in [0.4, 0.5) is 0 Å². The van der Waals surface area contributed by atoms with Crippen molar-refractivity contribution in [1.29, 1.82) is 0 Å². The van der Waals surface area contributed by atoms with Gasteiger partial charge in [0.05, 0.1) is 13.2 Å². The predicted octanol–water partition coefficient (Wildman–Crippen LogP) is 2.29. The van der Waals surface area contributed by atoms with Gasteiger partial charge in [0.1, 0.15) is 19.0 Å². The topological polar surface area (TPSA) is 60.0 Å². The monoisotopic (exact) mass is 315 g/mol. The third-order valence-electron chi connectivity index (χ3n) is 3.80. The van der Waals surface area contributed by atoms with Crippen molar-refractivity contribution in [3.05, 3.63) is 53.6 Å². The lowest BCUT2D eigenvalue weighted by molar-refractivity contribution is 0.165. The molecule has 1 aliphatic rings. The van der Waals surface area contributed by atoms with Gasteiger partial charge in [0.25, 0.3) is 0 Å². The maximum atomic E-state index is 10.4. The largest absolute Gasteiger partial charge is 0.496 e. The van der Waals surface area contributed by atoms with Crippen LogP contribution in [0.3, 0.4) is 0 Å². The number of benzene rings is 2. The Balaban J connectivity index is 1.61. The smallest absolute Gasteiger partial charge is 0.165 e. The summed E-state index contributed by atoms with van der Waals surface area (Å²) < 4.78 is 16.5. The molecule has 2 aromatic carbocycles. The van der Waals surface area contributed by atoms with Gasteiger partial charge in [-0.1, -0.05) is 30.3 Å². The SMILES string of the molecule is COc1ccccc1[C@H](O)CNCc1cccc2c1OCCO2. The minimum Gasteiger partial charge on any atom is -0.496 e. The van der Waals surface area contributed by atoms with E-state index in [-0.39, 0.29) is 0 Å². The molecule has 0 fully saturated rings. The molecule has 0 aromatic heterocycles. The van der Waals surface area contributed by atoms with E-state index >= 15 is 0 Å². The quantitative estimate of drug-likeness (QED) is 0.856. The van der Waals surface area contributed by atoms with Gasteiger partial charge in [0.2, 0.25) is 0 Å². The van der Waals surface area contributed by atoms with E-state index in [0.29, 0.717) is 32.1 Å². The number of aliphatic hydroxyl groups is 1. The lowest BCUT2D eigenvalue weighted by Gasteiger charge is -2.21. The summed E-state index contributed by atoms with van der Waals surface area (Å²) in [6, 6.07) is 13.3. The number of hydrogen-bond donors (Lipinski definition) is 2. The summed E-state index contributed by atoms with van der Waals surface area (Å²) in [5.74, 6) is 2.26. The van der Waals surface area contributed by atoms with Crippen LogP contribution >= 0.6 is 0 Å². The lowest BCUT2D eigenvalue weighted by Crippen LogP contribution is -2.23. The van der Waals surface area contributed by atoms with Crippen LogP contribution in [-0.4, -0.2) is 32.0 Å². The van der Waals surface area contributed by atoms with Gasteiger partial charge in [-0.3, -0.25) is 0 Å². The Labute approximate surface area is 135 Å². The molecule has 2 aromatic rings. The van der Waals surface area contributed by atoms with Gasteiger partial charge >= 0.3 is 0 Å². The number of nitrogens with one attached hydrogen (secondary N) is 1. The average molecular weight is 315 g/mol. The molecule has 0 amide bonds. The molecule has 0 unspecified atom stereocenters. The molecule has 5 heteroatoms. The second-order valence-corrected chi connectivity index (χ2v) is 5.33. The molecule has 0 saturated heterocycles. The molecular weight excluding hydrogens is 294 g/mol. The van der Waals surface area contributed by atoms with Gasteiger partial charge in [-0.15, -0.1) is 0 Å². The zero-order valence-electron chi connectivity index (χ0n) is 13.1. The second-order valence-electron chi connectivity index (χ2n) is 5.33. The molecule has 5 nitrogen and oxygen atoms in total. The second kappa shape index (κ2) is 7.35. The molecule has 3 rings (SSSR count). The third-order valence-corrected chi connectivity index (χ3v) is 3.80. The maximum Gasteiger partial charge on any atom is 0.165 e. The molecule has 0 aliphatic carbocycles. The van der Waals surface area contributed by atoms with E-state index in [1.807, 2.05) is 42.5 Å².